The summed E-state index contributed by atoms with van der Waals surface area (Å²) in [5.41, 5.74) is 5.35. The number of rotatable bonds is 8. The molecule has 0 atom stereocenters. The molecule has 40 heavy (non-hydrogen) atoms. The first-order valence-corrected chi connectivity index (χ1v) is 12.7. The van der Waals surface area contributed by atoms with Gasteiger partial charge < -0.3 is 18.9 Å². The molecule has 0 amide bonds. The topological polar surface area (TPSA) is 109 Å². The highest BCUT2D eigenvalue weighted by molar-refractivity contribution is 6.50. The molecule has 0 unspecified atom stereocenters. The van der Waals surface area contributed by atoms with Crippen LogP contribution in [0, 0.1) is 0 Å². The minimum Gasteiger partial charge on any atom is -0.493 e. The predicted molar refractivity (Wildman–Crippen MR) is 149 cm³/mol. The van der Waals surface area contributed by atoms with Gasteiger partial charge in [0.05, 0.1) is 31.4 Å². The Morgan fingerprint density at radius 2 is 1.73 bits per heavy atom. The van der Waals surface area contributed by atoms with Crippen LogP contribution in [0.3, 0.4) is 0 Å². The second-order valence-corrected chi connectivity index (χ2v) is 9.34. The van der Waals surface area contributed by atoms with E-state index in [-0.39, 0.29) is 29.5 Å². The molecule has 3 aromatic carbocycles. The van der Waals surface area contributed by atoms with Crippen LogP contribution in [-0.2, 0) is 20.7 Å². The van der Waals surface area contributed by atoms with Crippen molar-refractivity contribution in [2.45, 2.75) is 12.8 Å². The molecule has 0 spiro atoms. The van der Waals surface area contributed by atoms with Crippen molar-refractivity contribution in [2.24, 2.45) is 4.99 Å². The average Bonchev–Trinajstić information content (AvgIpc) is 3.33. The average molecular weight is 536 g/mol. The quantitative estimate of drug-likeness (QED) is 0.261. The van der Waals surface area contributed by atoms with E-state index < -0.39 is 5.78 Å². The van der Waals surface area contributed by atoms with E-state index in [9.17, 15) is 9.59 Å². The Morgan fingerprint density at radius 1 is 0.875 bits per heavy atom. The van der Waals surface area contributed by atoms with Gasteiger partial charge in [-0.15, -0.1) is 0 Å². The molecule has 0 N–H and O–H groups in total. The summed E-state index contributed by atoms with van der Waals surface area (Å²) in [6.45, 7) is 0.755. The maximum absolute atomic E-state index is 13.0. The summed E-state index contributed by atoms with van der Waals surface area (Å²) in [4.78, 5) is 39.0. The van der Waals surface area contributed by atoms with Gasteiger partial charge in [0.25, 0.3) is 0 Å². The minimum atomic E-state index is -0.415. The van der Waals surface area contributed by atoms with Crippen LogP contribution in [0.15, 0.2) is 77.8 Å². The molecule has 0 saturated heterocycles. The van der Waals surface area contributed by atoms with Crippen LogP contribution >= 0.6 is 0 Å². The molecule has 0 fully saturated rings. The minimum absolute atomic E-state index is 0.00789. The number of methoxy groups -OCH3 is 2. The van der Waals surface area contributed by atoms with Crippen LogP contribution in [0.25, 0.3) is 22.0 Å². The van der Waals surface area contributed by atoms with E-state index in [0.29, 0.717) is 41.4 Å². The van der Waals surface area contributed by atoms with Crippen molar-refractivity contribution in [3.63, 3.8) is 0 Å². The Labute approximate surface area is 230 Å². The predicted octanol–water partition coefficient (Wildman–Crippen LogP) is 4.81. The number of benzene rings is 3. The normalized spacial score (nSPS) is 15.2. The Bertz CT molecular complexity index is 1730. The zero-order valence-electron chi connectivity index (χ0n) is 22.0. The summed E-state index contributed by atoms with van der Waals surface area (Å²) in [7, 11) is 3.11. The number of ether oxygens (including phenoxy) is 4. The van der Waals surface area contributed by atoms with Crippen molar-refractivity contribution in [2.75, 3.05) is 27.4 Å². The van der Waals surface area contributed by atoms with Crippen LogP contribution in [0.1, 0.15) is 17.5 Å². The van der Waals surface area contributed by atoms with E-state index >= 15 is 0 Å². The summed E-state index contributed by atoms with van der Waals surface area (Å²) in [5.74, 6) is 0.947. The fraction of sp³-hybridized carbons (Fsp3) is 0.194. The molecule has 0 saturated carbocycles. The maximum Gasteiger partial charge on any atom is 0.204 e. The standard InChI is InChI=1S/C31H25N3O6/c1-37-9-10-39-30-15-24-23(13-29(30)38-2)31(33-17-32-24)34-25-14-27(36)28(16-26(25)35)40-20-7-8-22-19(12-20)11-18-5-3-4-6-21(18)22/h3-8,12-13,15-17H,9-11,14H2,1-2H3. The molecule has 0 aliphatic heterocycles. The second-order valence-electron chi connectivity index (χ2n) is 9.34. The van der Waals surface area contributed by atoms with Gasteiger partial charge in [-0.3, -0.25) is 9.59 Å². The number of allylic oxidation sites excluding steroid dienone is 2. The van der Waals surface area contributed by atoms with Gasteiger partial charge in [0.15, 0.2) is 23.1 Å². The van der Waals surface area contributed by atoms with Gasteiger partial charge in [0, 0.05) is 24.6 Å². The van der Waals surface area contributed by atoms with Gasteiger partial charge in [0.1, 0.15) is 18.7 Å². The molecule has 0 radical (unpaired) electrons. The maximum atomic E-state index is 13.0. The van der Waals surface area contributed by atoms with Crippen molar-refractivity contribution >= 4 is 34.0 Å². The zero-order chi connectivity index (χ0) is 27.6. The van der Waals surface area contributed by atoms with Crippen molar-refractivity contribution in [1.29, 1.82) is 0 Å². The highest BCUT2D eigenvalue weighted by Crippen LogP contribution is 2.39. The van der Waals surface area contributed by atoms with E-state index in [4.69, 9.17) is 18.9 Å². The van der Waals surface area contributed by atoms with Gasteiger partial charge in [-0.2, -0.15) is 0 Å². The van der Waals surface area contributed by atoms with Crippen LogP contribution in [0.5, 0.6) is 17.2 Å². The smallest absolute Gasteiger partial charge is 0.204 e. The van der Waals surface area contributed by atoms with Gasteiger partial charge in [-0.1, -0.05) is 30.3 Å². The fourth-order valence-electron chi connectivity index (χ4n) is 4.88. The molecule has 1 aromatic heterocycles. The SMILES string of the molecule is COCCOc1cc2ncnc(N=C3CC(=O)C(Oc4ccc5c(c4)Cc4ccccc4-5)=CC3=O)c2cc1OC. The number of hydrogen-bond acceptors (Lipinski definition) is 9. The molecular formula is C31H25N3O6. The van der Waals surface area contributed by atoms with Crippen LogP contribution in [0.4, 0.5) is 5.82 Å². The number of aromatic nitrogens is 2. The van der Waals surface area contributed by atoms with E-state index in [1.807, 2.05) is 30.3 Å². The Hall–Kier alpha value is -4.89. The largest absolute Gasteiger partial charge is 0.493 e. The third-order valence-electron chi connectivity index (χ3n) is 6.83. The highest BCUT2D eigenvalue weighted by Gasteiger charge is 2.27. The Morgan fingerprint density at radius 3 is 2.58 bits per heavy atom. The van der Waals surface area contributed by atoms with Gasteiger partial charge in [-0.25, -0.2) is 15.0 Å². The molecule has 6 rings (SSSR count). The molecule has 0 bridgehead atoms. The Balaban J connectivity index is 1.24. The van der Waals surface area contributed by atoms with E-state index in [1.165, 1.54) is 30.6 Å². The number of nitrogens with zero attached hydrogens (tertiary/aromatic N) is 3. The fourth-order valence-corrected chi connectivity index (χ4v) is 4.88. The number of fused-ring (bicyclic) bond motifs is 4. The number of aliphatic imine (C=N–C) groups is 1. The number of Topliss-reactive ketones (excluding diaryl/α,β-unsaturated/α-hetero) is 1. The van der Waals surface area contributed by atoms with Crippen molar-refractivity contribution in [3.05, 3.63) is 83.9 Å². The van der Waals surface area contributed by atoms with Crippen molar-refractivity contribution in [1.82, 2.24) is 9.97 Å². The summed E-state index contributed by atoms with van der Waals surface area (Å²) < 4.78 is 22.1. The molecular weight excluding hydrogens is 510 g/mol. The van der Waals surface area contributed by atoms with Crippen molar-refractivity contribution in [3.8, 4) is 28.4 Å². The number of carbonyl (C=O) groups is 2. The summed E-state index contributed by atoms with van der Waals surface area (Å²) >= 11 is 0. The first-order valence-electron chi connectivity index (χ1n) is 12.7. The highest BCUT2D eigenvalue weighted by atomic mass is 16.5. The molecule has 200 valence electrons. The van der Waals surface area contributed by atoms with Gasteiger partial charge >= 0.3 is 0 Å². The zero-order valence-corrected chi connectivity index (χ0v) is 22.0. The summed E-state index contributed by atoms with van der Waals surface area (Å²) in [5, 5.41) is 0.552. The third kappa shape index (κ3) is 4.83. The summed E-state index contributed by atoms with van der Waals surface area (Å²) in [6, 6.07) is 17.4. The second kappa shape index (κ2) is 10.7. The van der Waals surface area contributed by atoms with Crippen LogP contribution < -0.4 is 14.2 Å². The molecule has 2 aliphatic carbocycles. The number of ketones is 2. The summed E-state index contributed by atoms with van der Waals surface area (Å²) in [6.07, 6.45) is 3.13. The molecule has 1 heterocycles. The molecule has 9 nitrogen and oxygen atoms in total. The number of carbonyl (C=O) groups excluding carboxylic acids is 2. The number of hydrogen-bond donors (Lipinski definition) is 0. The Kier molecular flexibility index (Phi) is 6.79. The van der Waals surface area contributed by atoms with Gasteiger partial charge in [-0.05, 0) is 46.9 Å². The van der Waals surface area contributed by atoms with E-state index in [2.05, 4.69) is 27.1 Å². The monoisotopic (exact) mass is 535 g/mol. The lowest BCUT2D eigenvalue weighted by Crippen LogP contribution is -2.26. The van der Waals surface area contributed by atoms with E-state index in [0.717, 1.165) is 17.5 Å². The third-order valence-corrected chi connectivity index (χ3v) is 6.83. The lowest BCUT2D eigenvalue weighted by atomic mass is 10.0. The lowest BCUT2D eigenvalue weighted by Gasteiger charge is -2.15. The van der Waals surface area contributed by atoms with E-state index in [1.54, 1.807) is 19.2 Å². The lowest BCUT2D eigenvalue weighted by molar-refractivity contribution is -0.118. The molecule has 9 heteroatoms. The molecule has 4 aromatic rings. The van der Waals surface area contributed by atoms with Gasteiger partial charge in [0.2, 0.25) is 11.6 Å². The van der Waals surface area contributed by atoms with Crippen molar-refractivity contribution < 1.29 is 28.5 Å². The van der Waals surface area contributed by atoms with Crippen LogP contribution in [0.2, 0.25) is 0 Å². The first kappa shape index (κ1) is 25.4. The first-order chi connectivity index (χ1) is 19.5. The van der Waals surface area contributed by atoms with Crippen LogP contribution in [-0.4, -0.2) is 54.7 Å². The molecule has 2 aliphatic rings.